The number of nitrogens with zero attached hydrogens (tertiary/aromatic N) is 3. The van der Waals surface area contributed by atoms with Gasteiger partial charge in [-0.25, -0.2) is 4.79 Å². The highest BCUT2D eigenvalue weighted by Crippen LogP contribution is 2.45. The molecule has 29 heavy (non-hydrogen) atoms. The number of hydrogen-bond donors (Lipinski definition) is 2. The van der Waals surface area contributed by atoms with E-state index in [-0.39, 0.29) is 18.3 Å². The van der Waals surface area contributed by atoms with E-state index >= 15 is 0 Å². The topological polar surface area (TPSA) is 106 Å². The van der Waals surface area contributed by atoms with Crippen LogP contribution in [0, 0.1) is 13.8 Å². The second-order valence-corrected chi connectivity index (χ2v) is 7.32. The molecule has 0 saturated heterocycles. The summed E-state index contributed by atoms with van der Waals surface area (Å²) in [5.74, 6) is 1.22. The van der Waals surface area contributed by atoms with Gasteiger partial charge in [-0.05, 0) is 39.0 Å². The van der Waals surface area contributed by atoms with Gasteiger partial charge in [0, 0.05) is 17.3 Å². The maximum absolute atomic E-state index is 13.0. The van der Waals surface area contributed by atoms with Gasteiger partial charge < -0.3 is 19.4 Å². The van der Waals surface area contributed by atoms with Crippen molar-refractivity contribution in [2.45, 2.75) is 32.9 Å². The van der Waals surface area contributed by atoms with Crippen molar-refractivity contribution in [1.82, 2.24) is 19.7 Å². The van der Waals surface area contributed by atoms with E-state index in [2.05, 4.69) is 15.1 Å². The van der Waals surface area contributed by atoms with Crippen LogP contribution in [-0.4, -0.2) is 31.4 Å². The van der Waals surface area contributed by atoms with Gasteiger partial charge >= 0.3 is 5.69 Å². The van der Waals surface area contributed by atoms with Crippen molar-refractivity contribution in [2.75, 3.05) is 6.61 Å². The maximum Gasteiger partial charge on any atom is 0.327 e. The lowest BCUT2D eigenvalue weighted by Crippen LogP contribution is -2.31. The zero-order chi connectivity index (χ0) is 20.3. The van der Waals surface area contributed by atoms with E-state index in [1.54, 1.807) is 17.7 Å². The van der Waals surface area contributed by atoms with Crippen molar-refractivity contribution in [1.29, 1.82) is 0 Å². The second kappa shape index (κ2) is 6.31. The minimum absolute atomic E-state index is 0.265. The van der Waals surface area contributed by atoms with Crippen LogP contribution in [0.15, 0.2) is 39.8 Å². The number of aryl methyl sites for hydroxylation is 2. The molecule has 4 aromatic rings. The van der Waals surface area contributed by atoms with Gasteiger partial charge in [0.2, 0.25) is 0 Å². The highest BCUT2D eigenvalue weighted by atomic mass is 16.5. The van der Waals surface area contributed by atoms with Crippen LogP contribution in [0.4, 0.5) is 0 Å². The molecule has 5 rings (SSSR count). The first-order chi connectivity index (χ1) is 14.0. The Balaban J connectivity index is 1.88. The molecule has 1 aliphatic rings. The molecule has 2 atom stereocenters. The van der Waals surface area contributed by atoms with Gasteiger partial charge in [0.15, 0.2) is 5.75 Å². The Morgan fingerprint density at radius 2 is 2.17 bits per heavy atom. The van der Waals surface area contributed by atoms with E-state index in [1.807, 2.05) is 38.1 Å². The first kappa shape index (κ1) is 17.7. The summed E-state index contributed by atoms with van der Waals surface area (Å²) in [5, 5.41) is 14.5. The monoisotopic (exact) mass is 392 g/mol. The molecular formula is C21H20N4O4. The number of aliphatic hydroxyl groups excluding tert-OH is 1. The summed E-state index contributed by atoms with van der Waals surface area (Å²) in [6.07, 6.45) is 0.909. The molecule has 1 aliphatic heterocycles. The number of rotatable bonds is 3. The van der Waals surface area contributed by atoms with Crippen molar-refractivity contribution in [2.24, 2.45) is 0 Å². The number of hydrogen-bond acceptors (Lipinski definition) is 6. The van der Waals surface area contributed by atoms with Gasteiger partial charge in [-0.1, -0.05) is 11.2 Å². The van der Waals surface area contributed by atoms with Crippen LogP contribution in [0.2, 0.25) is 0 Å². The zero-order valence-electron chi connectivity index (χ0n) is 16.3. The van der Waals surface area contributed by atoms with Crippen LogP contribution in [0.1, 0.15) is 41.8 Å². The van der Waals surface area contributed by atoms with E-state index in [1.165, 1.54) is 0 Å². The van der Waals surface area contributed by atoms with Crippen LogP contribution in [0.5, 0.6) is 5.75 Å². The molecule has 1 unspecified atom stereocenters. The molecule has 8 nitrogen and oxygen atoms in total. The number of benzene rings is 1. The van der Waals surface area contributed by atoms with Crippen LogP contribution in [0.25, 0.3) is 22.2 Å². The van der Waals surface area contributed by atoms with Gasteiger partial charge in [0.05, 0.1) is 28.6 Å². The normalized spacial score (nSPS) is 16.8. The Morgan fingerprint density at radius 3 is 2.83 bits per heavy atom. The average molecular weight is 392 g/mol. The van der Waals surface area contributed by atoms with E-state index in [9.17, 15) is 9.90 Å². The first-order valence-corrected chi connectivity index (χ1v) is 9.43. The number of nitrogens with one attached hydrogen (secondary N) is 1. The smallest absolute Gasteiger partial charge is 0.327 e. The van der Waals surface area contributed by atoms with E-state index in [0.717, 1.165) is 22.5 Å². The fraction of sp³-hybridized carbons (Fsp3) is 0.286. The van der Waals surface area contributed by atoms with Gasteiger partial charge in [-0.3, -0.25) is 9.55 Å². The standard InChI is InChI=1S/C21H20N4O4/c1-10-17(12(3)29-24-10)14-8-13(11(2)26)18-19-20(14)28-9-16(25(19)21(27)23-18)15-6-4-5-7-22-15/h4-8,11,16,26H,9H2,1-3H3,(H,23,27)/t11?,16-/m0/s1. The Morgan fingerprint density at radius 1 is 1.34 bits per heavy atom. The number of H-pyrrole nitrogens is 1. The molecular weight excluding hydrogens is 372 g/mol. The molecule has 0 bridgehead atoms. The lowest BCUT2D eigenvalue weighted by Gasteiger charge is -2.27. The van der Waals surface area contributed by atoms with Crippen molar-refractivity contribution >= 4 is 11.0 Å². The molecule has 148 valence electrons. The van der Waals surface area contributed by atoms with Crippen molar-refractivity contribution in [3.05, 3.63) is 63.7 Å². The summed E-state index contributed by atoms with van der Waals surface area (Å²) in [6.45, 7) is 5.62. The number of imidazole rings is 1. The fourth-order valence-corrected chi connectivity index (χ4v) is 4.15. The molecule has 0 radical (unpaired) electrons. The van der Waals surface area contributed by atoms with Crippen molar-refractivity contribution in [3.63, 3.8) is 0 Å². The molecule has 2 N–H and O–H groups in total. The number of ether oxygens (including phenoxy) is 1. The lowest BCUT2D eigenvalue weighted by molar-refractivity contribution is 0.200. The van der Waals surface area contributed by atoms with E-state index in [0.29, 0.717) is 28.1 Å². The molecule has 0 fully saturated rings. The highest BCUT2D eigenvalue weighted by molar-refractivity contribution is 5.95. The predicted octanol–water partition coefficient (Wildman–Crippen LogP) is 3.03. The van der Waals surface area contributed by atoms with Crippen LogP contribution in [0.3, 0.4) is 0 Å². The maximum atomic E-state index is 13.0. The summed E-state index contributed by atoms with van der Waals surface area (Å²) < 4.78 is 13.2. The number of aliphatic hydroxyl groups is 1. The van der Waals surface area contributed by atoms with E-state index in [4.69, 9.17) is 9.26 Å². The van der Waals surface area contributed by atoms with E-state index < -0.39 is 6.10 Å². The average Bonchev–Trinajstić information content (AvgIpc) is 3.23. The number of aromatic nitrogens is 4. The third-order valence-corrected chi connectivity index (χ3v) is 5.46. The minimum atomic E-state index is -0.787. The number of aromatic amines is 1. The Hall–Kier alpha value is -3.39. The van der Waals surface area contributed by atoms with Gasteiger partial charge in [0.1, 0.15) is 23.9 Å². The summed E-state index contributed by atoms with van der Waals surface area (Å²) in [6, 6.07) is 7.06. The molecule has 3 aromatic heterocycles. The van der Waals surface area contributed by atoms with Gasteiger partial charge in [0.25, 0.3) is 0 Å². The molecule has 4 heterocycles. The summed E-state index contributed by atoms with van der Waals surface area (Å²) in [5.41, 5.74) is 4.54. The minimum Gasteiger partial charge on any atom is -0.488 e. The van der Waals surface area contributed by atoms with Crippen molar-refractivity contribution in [3.8, 4) is 16.9 Å². The largest absolute Gasteiger partial charge is 0.488 e. The van der Waals surface area contributed by atoms with Gasteiger partial charge in [-0.2, -0.15) is 0 Å². The fourth-order valence-electron chi connectivity index (χ4n) is 4.15. The lowest BCUT2D eigenvalue weighted by atomic mass is 9.96. The molecule has 8 heteroatoms. The molecule has 0 saturated carbocycles. The Labute approximate surface area is 165 Å². The van der Waals surface area contributed by atoms with Crippen LogP contribution in [-0.2, 0) is 0 Å². The SMILES string of the molecule is Cc1noc(C)c1-c1cc(C(C)O)c2[nH]c(=O)n3c2c1OC[C@H]3c1ccccn1. The Kier molecular flexibility index (Phi) is 3.85. The quantitative estimate of drug-likeness (QED) is 0.555. The molecule has 1 aromatic carbocycles. The zero-order valence-corrected chi connectivity index (χ0v) is 16.3. The van der Waals surface area contributed by atoms with Crippen LogP contribution < -0.4 is 10.4 Å². The van der Waals surface area contributed by atoms with Crippen molar-refractivity contribution < 1.29 is 14.4 Å². The third-order valence-electron chi connectivity index (χ3n) is 5.46. The predicted molar refractivity (Wildman–Crippen MR) is 106 cm³/mol. The molecule has 0 amide bonds. The van der Waals surface area contributed by atoms with Gasteiger partial charge in [-0.15, -0.1) is 0 Å². The molecule has 0 spiro atoms. The second-order valence-electron chi connectivity index (χ2n) is 7.32. The Bertz CT molecular complexity index is 1260. The number of pyridine rings is 1. The third kappa shape index (κ3) is 2.52. The summed E-state index contributed by atoms with van der Waals surface area (Å²) in [7, 11) is 0. The molecule has 0 aliphatic carbocycles. The highest BCUT2D eigenvalue weighted by Gasteiger charge is 2.33. The van der Waals surface area contributed by atoms with Crippen LogP contribution >= 0.6 is 0 Å². The summed E-state index contributed by atoms with van der Waals surface area (Å²) >= 11 is 0. The first-order valence-electron chi connectivity index (χ1n) is 9.43. The summed E-state index contributed by atoms with van der Waals surface area (Å²) in [4.78, 5) is 20.3.